The van der Waals surface area contributed by atoms with Crippen molar-refractivity contribution in [2.24, 2.45) is 0 Å². The van der Waals surface area contributed by atoms with E-state index in [0.717, 1.165) is 36.8 Å². The SMILES string of the molecule is O=C(c1csc(-c2ccccc2Cl)n1)N1CCNCC1. The van der Waals surface area contributed by atoms with Crippen LogP contribution in [0.15, 0.2) is 29.6 Å². The zero-order chi connectivity index (χ0) is 13.9. The Balaban J connectivity index is 1.83. The summed E-state index contributed by atoms with van der Waals surface area (Å²) in [5.74, 6) is 0.000976. The van der Waals surface area contributed by atoms with Crippen LogP contribution in [0.4, 0.5) is 0 Å². The number of benzene rings is 1. The van der Waals surface area contributed by atoms with Crippen LogP contribution in [0.2, 0.25) is 5.02 Å². The van der Waals surface area contributed by atoms with E-state index in [4.69, 9.17) is 11.6 Å². The fraction of sp³-hybridized carbons (Fsp3) is 0.286. The molecule has 104 valence electrons. The molecule has 1 amide bonds. The van der Waals surface area contributed by atoms with Crippen molar-refractivity contribution in [3.63, 3.8) is 0 Å². The van der Waals surface area contributed by atoms with Crippen molar-refractivity contribution in [1.29, 1.82) is 0 Å². The van der Waals surface area contributed by atoms with Gasteiger partial charge in [0.15, 0.2) is 0 Å². The summed E-state index contributed by atoms with van der Waals surface area (Å²) in [5.41, 5.74) is 1.38. The van der Waals surface area contributed by atoms with Crippen molar-refractivity contribution < 1.29 is 4.79 Å². The Kier molecular flexibility index (Phi) is 4.00. The molecule has 2 heterocycles. The number of carbonyl (C=O) groups is 1. The Morgan fingerprint density at radius 2 is 2.05 bits per heavy atom. The molecular weight excluding hydrogens is 294 g/mol. The van der Waals surface area contributed by atoms with Gasteiger partial charge in [-0.05, 0) is 6.07 Å². The first-order valence-corrected chi connectivity index (χ1v) is 7.72. The molecule has 1 aromatic heterocycles. The van der Waals surface area contributed by atoms with E-state index >= 15 is 0 Å². The molecule has 1 N–H and O–H groups in total. The van der Waals surface area contributed by atoms with E-state index < -0.39 is 0 Å². The summed E-state index contributed by atoms with van der Waals surface area (Å²) >= 11 is 7.61. The molecule has 6 heteroatoms. The number of nitrogens with one attached hydrogen (secondary N) is 1. The van der Waals surface area contributed by atoms with Crippen molar-refractivity contribution in [1.82, 2.24) is 15.2 Å². The van der Waals surface area contributed by atoms with Crippen LogP contribution >= 0.6 is 22.9 Å². The van der Waals surface area contributed by atoms with Crippen molar-refractivity contribution >= 4 is 28.8 Å². The number of amides is 1. The van der Waals surface area contributed by atoms with Crippen molar-refractivity contribution in [3.8, 4) is 10.6 Å². The van der Waals surface area contributed by atoms with Gasteiger partial charge in [-0.3, -0.25) is 4.79 Å². The highest BCUT2D eigenvalue weighted by atomic mass is 35.5. The Morgan fingerprint density at radius 3 is 2.80 bits per heavy atom. The minimum absolute atomic E-state index is 0.000976. The Hall–Kier alpha value is -1.43. The van der Waals surface area contributed by atoms with Gasteiger partial charge in [-0.15, -0.1) is 11.3 Å². The zero-order valence-corrected chi connectivity index (χ0v) is 12.4. The second-order valence-corrected chi connectivity index (χ2v) is 5.83. The molecule has 0 atom stereocenters. The number of hydrogen-bond acceptors (Lipinski definition) is 4. The molecule has 0 spiro atoms. The first-order chi connectivity index (χ1) is 9.75. The van der Waals surface area contributed by atoms with Gasteiger partial charge in [0.25, 0.3) is 5.91 Å². The number of thiazole rings is 1. The molecule has 4 nitrogen and oxygen atoms in total. The topological polar surface area (TPSA) is 45.2 Å². The standard InChI is InChI=1S/C14H14ClN3OS/c15-11-4-2-1-3-10(11)13-17-12(9-20-13)14(19)18-7-5-16-6-8-18/h1-4,9,16H,5-8H2. The third-order valence-electron chi connectivity index (χ3n) is 3.23. The van der Waals surface area contributed by atoms with Crippen LogP contribution in [0.3, 0.4) is 0 Å². The molecule has 0 saturated carbocycles. The summed E-state index contributed by atoms with van der Waals surface area (Å²) in [6.07, 6.45) is 0. The smallest absolute Gasteiger partial charge is 0.273 e. The fourth-order valence-electron chi connectivity index (χ4n) is 2.16. The van der Waals surface area contributed by atoms with Gasteiger partial charge < -0.3 is 10.2 Å². The summed E-state index contributed by atoms with van der Waals surface area (Å²) < 4.78 is 0. The van der Waals surface area contributed by atoms with Gasteiger partial charge in [0.1, 0.15) is 10.7 Å². The maximum Gasteiger partial charge on any atom is 0.273 e. The van der Waals surface area contributed by atoms with E-state index in [0.29, 0.717) is 10.7 Å². The molecule has 1 fully saturated rings. The maximum atomic E-state index is 12.3. The highest BCUT2D eigenvalue weighted by molar-refractivity contribution is 7.13. The second-order valence-electron chi connectivity index (χ2n) is 4.56. The number of nitrogens with zero attached hydrogens (tertiary/aromatic N) is 2. The van der Waals surface area contributed by atoms with Crippen LogP contribution in [0.1, 0.15) is 10.5 Å². The number of rotatable bonds is 2. The van der Waals surface area contributed by atoms with Crippen molar-refractivity contribution in [2.45, 2.75) is 0 Å². The molecule has 20 heavy (non-hydrogen) atoms. The monoisotopic (exact) mass is 307 g/mol. The van der Waals surface area contributed by atoms with Gasteiger partial charge in [-0.2, -0.15) is 0 Å². The lowest BCUT2D eigenvalue weighted by molar-refractivity contribution is 0.0731. The number of halogens is 1. The highest BCUT2D eigenvalue weighted by Gasteiger charge is 2.21. The minimum atomic E-state index is 0.000976. The summed E-state index contributed by atoms with van der Waals surface area (Å²) in [6.45, 7) is 3.15. The Bertz CT molecular complexity index is 622. The third kappa shape index (κ3) is 2.70. The quantitative estimate of drug-likeness (QED) is 0.927. The van der Waals surface area contributed by atoms with E-state index in [-0.39, 0.29) is 5.91 Å². The van der Waals surface area contributed by atoms with Gasteiger partial charge in [-0.25, -0.2) is 4.98 Å². The molecule has 0 aliphatic carbocycles. The van der Waals surface area contributed by atoms with Crippen LogP contribution < -0.4 is 5.32 Å². The van der Waals surface area contributed by atoms with Gasteiger partial charge in [0, 0.05) is 37.1 Å². The van der Waals surface area contributed by atoms with Crippen LogP contribution in [0.25, 0.3) is 10.6 Å². The lowest BCUT2D eigenvalue weighted by atomic mass is 10.2. The van der Waals surface area contributed by atoms with E-state index in [9.17, 15) is 4.79 Å². The number of hydrogen-bond donors (Lipinski definition) is 1. The molecule has 1 aromatic carbocycles. The lowest BCUT2D eigenvalue weighted by Crippen LogP contribution is -2.46. The molecule has 2 aromatic rings. The molecule has 0 radical (unpaired) electrons. The largest absolute Gasteiger partial charge is 0.335 e. The highest BCUT2D eigenvalue weighted by Crippen LogP contribution is 2.30. The van der Waals surface area contributed by atoms with E-state index in [1.165, 1.54) is 11.3 Å². The van der Waals surface area contributed by atoms with Gasteiger partial charge in [0.2, 0.25) is 0 Å². The summed E-state index contributed by atoms with van der Waals surface area (Å²) in [6, 6.07) is 7.54. The first kappa shape index (κ1) is 13.5. The molecule has 1 aliphatic heterocycles. The molecule has 1 aliphatic rings. The normalized spacial score (nSPS) is 15.3. The van der Waals surface area contributed by atoms with Crippen LogP contribution in [-0.4, -0.2) is 42.0 Å². The molecular formula is C14H14ClN3OS. The average Bonchev–Trinajstić information content (AvgIpc) is 2.97. The van der Waals surface area contributed by atoms with Crippen LogP contribution in [0.5, 0.6) is 0 Å². The Morgan fingerprint density at radius 1 is 1.30 bits per heavy atom. The number of piperazine rings is 1. The number of carbonyl (C=O) groups excluding carboxylic acids is 1. The summed E-state index contributed by atoms with van der Waals surface area (Å²) in [4.78, 5) is 18.6. The van der Waals surface area contributed by atoms with Crippen LogP contribution in [0, 0.1) is 0 Å². The van der Waals surface area contributed by atoms with Gasteiger partial charge >= 0.3 is 0 Å². The predicted molar refractivity (Wildman–Crippen MR) is 81.3 cm³/mol. The Labute approximate surface area is 126 Å². The van der Waals surface area contributed by atoms with E-state index in [2.05, 4.69) is 10.3 Å². The minimum Gasteiger partial charge on any atom is -0.335 e. The van der Waals surface area contributed by atoms with Gasteiger partial charge in [0.05, 0.1) is 5.02 Å². The molecule has 1 saturated heterocycles. The predicted octanol–water partition coefficient (Wildman–Crippen LogP) is 2.51. The van der Waals surface area contributed by atoms with Crippen molar-refractivity contribution in [2.75, 3.05) is 26.2 Å². The third-order valence-corrected chi connectivity index (χ3v) is 4.44. The molecule has 0 bridgehead atoms. The van der Waals surface area contributed by atoms with Crippen LogP contribution in [-0.2, 0) is 0 Å². The maximum absolute atomic E-state index is 12.3. The van der Waals surface area contributed by atoms with E-state index in [1.807, 2.05) is 34.5 Å². The average molecular weight is 308 g/mol. The number of aromatic nitrogens is 1. The van der Waals surface area contributed by atoms with Gasteiger partial charge in [-0.1, -0.05) is 29.8 Å². The molecule has 0 unspecified atom stereocenters. The van der Waals surface area contributed by atoms with E-state index in [1.54, 1.807) is 0 Å². The second kappa shape index (κ2) is 5.91. The summed E-state index contributed by atoms with van der Waals surface area (Å²) in [5, 5.41) is 6.48. The van der Waals surface area contributed by atoms with Crippen molar-refractivity contribution in [3.05, 3.63) is 40.4 Å². The first-order valence-electron chi connectivity index (χ1n) is 6.46. The summed E-state index contributed by atoms with van der Waals surface area (Å²) in [7, 11) is 0. The lowest BCUT2D eigenvalue weighted by Gasteiger charge is -2.26. The molecule has 3 rings (SSSR count). The fourth-order valence-corrected chi connectivity index (χ4v) is 3.27. The zero-order valence-electron chi connectivity index (χ0n) is 10.8.